The number of hydrogen-bond donors (Lipinski definition) is 1. The molecular formula is C10H10BrNO2S. The molecule has 1 N–H and O–H groups in total. The Morgan fingerprint density at radius 2 is 2.40 bits per heavy atom. The molecule has 2 aromatic rings. The Labute approximate surface area is 99.6 Å². The molecule has 0 unspecified atom stereocenters. The molecule has 0 bridgehead atoms. The van der Waals surface area contributed by atoms with Gasteiger partial charge in [-0.25, -0.2) is 4.79 Å². The number of aromatic nitrogens is 1. The van der Waals surface area contributed by atoms with E-state index in [1.165, 1.54) is 0 Å². The van der Waals surface area contributed by atoms with E-state index in [1.807, 2.05) is 13.0 Å². The molecule has 0 saturated carbocycles. The quantitative estimate of drug-likeness (QED) is 0.860. The number of esters is 1. The lowest BCUT2D eigenvalue weighted by atomic mass is 10.3. The summed E-state index contributed by atoms with van der Waals surface area (Å²) >= 11 is 5.08. The fourth-order valence-electron chi connectivity index (χ4n) is 1.38. The van der Waals surface area contributed by atoms with Crippen molar-refractivity contribution in [3.8, 4) is 0 Å². The van der Waals surface area contributed by atoms with Gasteiger partial charge in [0.1, 0.15) is 5.69 Å². The Morgan fingerprint density at radius 1 is 1.67 bits per heavy atom. The number of nitrogens with one attached hydrogen (secondary N) is 1. The third-order valence-electron chi connectivity index (χ3n) is 2.15. The van der Waals surface area contributed by atoms with Crippen LogP contribution in [0.25, 0.3) is 10.2 Å². The lowest BCUT2D eigenvalue weighted by Gasteiger charge is -1.97. The van der Waals surface area contributed by atoms with Crippen molar-refractivity contribution in [3.05, 3.63) is 21.1 Å². The minimum absolute atomic E-state index is 0.295. The van der Waals surface area contributed by atoms with Crippen LogP contribution in [0, 0.1) is 6.92 Å². The maximum absolute atomic E-state index is 11.4. The standard InChI is InChI=1S/C10H10BrNO2S/c1-3-14-10(13)6-4-7-8(12-6)5(2)9(11)15-7/h4,12H,3H2,1-2H3. The smallest absolute Gasteiger partial charge is 0.354 e. The Hall–Kier alpha value is -0.810. The van der Waals surface area contributed by atoms with E-state index in [0.29, 0.717) is 12.3 Å². The van der Waals surface area contributed by atoms with Crippen molar-refractivity contribution in [1.29, 1.82) is 0 Å². The Balaban J connectivity index is 2.44. The number of fused-ring (bicyclic) bond motifs is 1. The summed E-state index contributed by atoms with van der Waals surface area (Å²) in [4.78, 5) is 14.5. The summed E-state index contributed by atoms with van der Waals surface area (Å²) < 4.78 is 7.09. The van der Waals surface area contributed by atoms with Crippen LogP contribution in [0.15, 0.2) is 9.85 Å². The maximum Gasteiger partial charge on any atom is 0.354 e. The van der Waals surface area contributed by atoms with Crippen molar-refractivity contribution in [3.63, 3.8) is 0 Å². The second kappa shape index (κ2) is 3.98. The second-order valence-electron chi connectivity index (χ2n) is 3.14. The van der Waals surface area contributed by atoms with Crippen molar-refractivity contribution in [1.82, 2.24) is 4.98 Å². The van der Waals surface area contributed by atoms with E-state index in [2.05, 4.69) is 20.9 Å². The van der Waals surface area contributed by atoms with Crippen LogP contribution in [0.2, 0.25) is 0 Å². The van der Waals surface area contributed by atoms with Crippen molar-refractivity contribution in [2.75, 3.05) is 6.61 Å². The zero-order valence-corrected chi connectivity index (χ0v) is 10.8. The molecule has 0 spiro atoms. The Kier molecular flexibility index (Phi) is 2.84. The highest BCUT2D eigenvalue weighted by Crippen LogP contribution is 2.34. The first-order chi connectivity index (χ1) is 7.13. The summed E-state index contributed by atoms with van der Waals surface area (Å²) in [5, 5.41) is 0. The number of ether oxygens (including phenoxy) is 1. The summed E-state index contributed by atoms with van der Waals surface area (Å²) in [5.41, 5.74) is 2.66. The monoisotopic (exact) mass is 287 g/mol. The predicted octanol–water partition coefficient (Wildman–Crippen LogP) is 3.48. The molecule has 0 atom stereocenters. The largest absolute Gasteiger partial charge is 0.461 e. The first kappa shape index (κ1) is 10.7. The Bertz CT molecular complexity index is 515. The van der Waals surface area contributed by atoms with Crippen LogP contribution in [0.1, 0.15) is 23.0 Å². The minimum Gasteiger partial charge on any atom is -0.461 e. The highest BCUT2D eigenvalue weighted by atomic mass is 79.9. The topological polar surface area (TPSA) is 42.1 Å². The van der Waals surface area contributed by atoms with Gasteiger partial charge in [0, 0.05) is 0 Å². The van der Waals surface area contributed by atoms with Crippen LogP contribution in [0.5, 0.6) is 0 Å². The normalized spacial score (nSPS) is 10.9. The number of aromatic amines is 1. The number of hydrogen-bond acceptors (Lipinski definition) is 3. The molecule has 2 rings (SSSR count). The lowest BCUT2D eigenvalue weighted by molar-refractivity contribution is 0.0520. The predicted molar refractivity (Wildman–Crippen MR) is 64.6 cm³/mol. The van der Waals surface area contributed by atoms with Gasteiger partial charge in [-0.3, -0.25) is 0 Å². The van der Waals surface area contributed by atoms with Gasteiger partial charge in [0.05, 0.1) is 20.6 Å². The number of carbonyl (C=O) groups excluding carboxylic acids is 1. The molecule has 0 fully saturated rings. The molecule has 80 valence electrons. The summed E-state index contributed by atoms with van der Waals surface area (Å²) in [7, 11) is 0. The zero-order valence-electron chi connectivity index (χ0n) is 8.39. The molecule has 0 saturated heterocycles. The number of rotatable bonds is 2. The van der Waals surface area contributed by atoms with Crippen LogP contribution in [-0.2, 0) is 4.74 Å². The van der Waals surface area contributed by atoms with E-state index >= 15 is 0 Å². The molecule has 0 aliphatic carbocycles. The number of halogens is 1. The van der Waals surface area contributed by atoms with E-state index < -0.39 is 0 Å². The fourth-order valence-corrected chi connectivity index (χ4v) is 3.04. The molecule has 15 heavy (non-hydrogen) atoms. The molecule has 3 nitrogen and oxygen atoms in total. The van der Waals surface area contributed by atoms with Crippen LogP contribution in [0.3, 0.4) is 0 Å². The first-order valence-corrected chi connectivity index (χ1v) is 6.19. The summed E-state index contributed by atoms with van der Waals surface area (Å²) in [6, 6.07) is 1.83. The van der Waals surface area contributed by atoms with Gasteiger partial charge in [0.25, 0.3) is 0 Å². The molecule has 2 heterocycles. The molecule has 2 aromatic heterocycles. The molecule has 0 aliphatic rings. The fraction of sp³-hybridized carbons (Fsp3) is 0.300. The third kappa shape index (κ3) is 1.81. The third-order valence-corrected chi connectivity index (χ3v) is 4.25. The van der Waals surface area contributed by atoms with Crippen LogP contribution < -0.4 is 0 Å². The number of H-pyrrole nitrogens is 1. The first-order valence-electron chi connectivity index (χ1n) is 4.58. The van der Waals surface area contributed by atoms with Crippen LogP contribution in [-0.4, -0.2) is 17.6 Å². The van der Waals surface area contributed by atoms with E-state index in [9.17, 15) is 4.79 Å². The van der Waals surface area contributed by atoms with Crippen LogP contribution >= 0.6 is 27.3 Å². The van der Waals surface area contributed by atoms with E-state index in [-0.39, 0.29) is 5.97 Å². The van der Waals surface area contributed by atoms with Crippen molar-refractivity contribution < 1.29 is 9.53 Å². The average Bonchev–Trinajstić information content (AvgIpc) is 2.70. The summed E-state index contributed by atoms with van der Waals surface area (Å²) in [5.74, 6) is -0.295. The van der Waals surface area contributed by atoms with Gasteiger partial charge >= 0.3 is 5.97 Å². The van der Waals surface area contributed by atoms with Gasteiger partial charge < -0.3 is 9.72 Å². The molecular weight excluding hydrogens is 278 g/mol. The SMILES string of the molecule is CCOC(=O)c1cc2sc(Br)c(C)c2[nH]1. The van der Waals surface area contributed by atoms with Gasteiger partial charge in [-0.05, 0) is 41.4 Å². The van der Waals surface area contributed by atoms with Crippen molar-refractivity contribution >= 4 is 43.5 Å². The van der Waals surface area contributed by atoms with E-state index in [0.717, 1.165) is 19.6 Å². The lowest BCUT2D eigenvalue weighted by Crippen LogP contribution is -2.04. The molecule has 0 aliphatic heterocycles. The molecule has 0 radical (unpaired) electrons. The molecule has 5 heteroatoms. The highest BCUT2D eigenvalue weighted by Gasteiger charge is 2.14. The second-order valence-corrected chi connectivity index (χ2v) is 5.51. The Morgan fingerprint density at radius 3 is 3.00 bits per heavy atom. The van der Waals surface area contributed by atoms with Crippen LogP contribution in [0.4, 0.5) is 0 Å². The summed E-state index contributed by atoms with van der Waals surface area (Å²) in [6.07, 6.45) is 0. The van der Waals surface area contributed by atoms with E-state index in [4.69, 9.17) is 4.74 Å². The van der Waals surface area contributed by atoms with Gasteiger partial charge in [-0.15, -0.1) is 11.3 Å². The highest BCUT2D eigenvalue weighted by molar-refractivity contribution is 9.11. The van der Waals surface area contributed by atoms with Crippen molar-refractivity contribution in [2.45, 2.75) is 13.8 Å². The summed E-state index contributed by atoms with van der Waals surface area (Å²) in [6.45, 7) is 4.20. The molecule has 0 aromatic carbocycles. The maximum atomic E-state index is 11.4. The van der Waals surface area contributed by atoms with Crippen molar-refractivity contribution in [2.24, 2.45) is 0 Å². The van der Waals surface area contributed by atoms with Gasteiger partial charge in [0.2, 0.25) is 0 Å². The minimum atomic E-state index is -0.295. The molecule has 0 amide bonds. The van der Waals surface area contributed by atoms with E-state index in [1.54, 1.807) is 18.3 Å². The number of aryl methyl sites for hydroxylation is 1. The number of thiophene rings is 1. The van der Waals surface area contributed by atoms with Gasteiger partial charge in [0.15, 0.2) is 0 Å². The van der Waals surface area contributed by atoms with Gasteiger partial charge in [-0.1, -0.05) is 0 Å². The van der Waals surface area contributed by atoms with Gasteiger partial charge in [-0.2, -0.15) is 0 Å². The average molecular weight is 288 g/mol. The zero-order chi connectivity index (χ0) is 11.0. The number of carbonyl (C=O) groups is 1.